The predicted octanol–water partition coefficient (Wildman–Crippen LogP) is 3.27. The first-order valence-electron chi connectivity index (χ1n) is 10.3. The van der Waals surface area contributed by atoms with Crippen LogP contribution in [0.25, 0.3) is 0 Å². The van der Waals surface area contributed by atoms with Crippen LogP contribution >= 0.6 is 0 Å². The van der Waals surface area contributed by atoms with Gasteiger partial charge in [-0.1, -0.05) is 38.1 Å². The van der Waals surface area contributed by atoms with Crippen LogP contribution in [0.2, 0.25) is 0 Å². The Kier molecular flexibility index (Phi) is 7.03. The lowest BCUT2D eigenvalue weighted by atomic mass is 9.78. The van der Waals surface area contributed by atoms with Gasteiger partial charge in [-0.05, 0) is 49.2 Å². The maximum absolute atomic E-state index is 9.40. The molecule has 1 saturated heterocycles. The predicted molar refractivity (Wildman–Crippen MR) is 114 cm³/mol. The van der Waals surface area contributed by atoms with Gasteiger partial charge in [0.05, 0.1) is 13.2 Å². The molecule has 1 aliphatic heterocycles. The lowest BCUT2D eigenvalue weighted by Crippen LogP contribution is -2.25. The van der Waals surface area contributed by atoms with Gasteiger partial charge in [-0.25, -0.2) is 0 Å². The Morgan fingerprint density at radius 3 is 2.00 bits per heavy atom. The van der Waals surface area contributed by atoms with E-state index < -0.39 is 11.9 Å². The lowest BCUT2D eigenvalue weighted by Gasteiger charge is -2.26. The second-order valence-electron chi connectivity index (χ2n) is 8.58. The maximum atomic E-state index is 9.40. The molecule has 2 aromatic rings. The molecule has 0 aromatic heterocycles. The Labute approximate surface area is 178 Å². The Hall–Kier alpha value is -2.12. The van der Waals surface area contributed by atoms with E-state index in [1.165, 1.54) is 5.56 Å². The van der Waals surface area contributed by atoms with Crippen LogP contribution in [0.3, 0.4) is 0 Å². The highest BCUT2D eigenvalue weighted by Crippen LogP contribution is 2.33. The monoisotopic (exact) mass is 416 g/mol. The zero-order chi connectivity index (χ0) is 21.8. The summed E-state index contributed by atoms with van der Waals surface area (Å²) in [5.41, 5.74) is 2.11. The van der Waals surface area contributed by atoms with Gasteiger partial charge in [0.15, 0.2) is 5.79 Å². The summed E-state index contributed by atoms with van der Waals surface area (Å²) in [7, 11) is 0. The second-order valence-corrected chi connectivity index (χ2v) is 8.58. The number of benzene rings is 2. The van der Waals surface area contributed by atoms with Crippen LogP contribution < -0.4 is 9.47 Å². The molecule has 0 saturated carbocycles. The van der Waals surface area contributed by atoms with Gasteiger partial charge in [0.1, 0.15) is 36.9 Å². The molecule has 1 heterocycles. The van der Waals surface area contributed by atoms with E-state index in [0.717, 1.165) is 11.3 Å². The first-order valence-corrected chi connectivity index (χ1v) is 10.3. The molecule has 2 atom stereocenters. The SMILES string of the molecule is CC1(C)OC[C@H](COc2ccc(C(C)(C)c3ccc(OCC(O)CO)cc3)cc2)O1. The average molecular weight is 417 g/mol. The third kappa shape index (κ3) is 5.73. The van der Waals surface area contributed by atoms with Crippen LogP contribution in [0.15, 0.2) is 48.5 Å². The van der Waals surface area contributed by atoms with Crippen LogP contribution in [0.4, 0.5) is 0 Å². The molecule has 6 nitrogen and oxygen atoms in total. The Bertz CT molecular complexity index is 797. The summed E-state index contributed by atoms with van der Waals surface area (Å²) >= 11 is 0. The fraction of sp³-hybridized carbons (Fsp3) is 0.500. The molecule has 0 amide bonds. The zero-order valence-corrected chi connectivity index (χ0v) is 18.1. The minimum Gasteiger partial charge on any atom is -0.491 e. The molecule has 1 unspecified atom stereocenters. The summed E-state index contributed by atoms with van der Waals surface area (Å²) in [5, 5.41) is 18.3. The number of ether oxygens (including phenoxy) is 4. The summed E-state index contributed by atoms with van der Waals surface area (Å²) in [6.07, 6.45) is -0.934. The van der Waals surface area contributed by atoms with Crippen molar-refractivity contribution in [2.45, 2.75) is 51.1 Å². The average Bonchev–Trinajstić information content (AvgIpc) is 3.09. The van der Waals surface area contributed by atoms with E-state index in [0.29, 0.717) is 19.0 Å². The van der Waals surface area contributed by atoms with Crippen molar-refractivity contribution in [3.05, 3.63) is 59.7 Å². The molecule has 0 radical (unpaired) electrons. The van der Waals surface area contributed by atoms with Crippen LogP contribution in [-0.2, 0) is 14.9 Å². The fourth-order valence-corrected chi connectivity index (χ4v) is 3.38. The van der Waals surface area contributed by atoms with E-state index in [4.69, 9.17) is 24.1 Å². The highest BCUT2D eigenvalue weighted by molar-refractivity contribution is 5.41. The van der Waals surface area contributed by atoms with Gasteiger partial charge in [0, 0.05) is 5.41 Å². The van der Waals surface area contributed by atoms with Crippen molar-refractivity contribution in [1.82, 2.24) is 0 Å². The van der Waals surface area contributed by atoms with Gasteiger partial charge >= 0.3 is 0 Å². The molecular weight excluding hydrogens is 384 g/mol. The molecule has 164 valence electrons. The van der Waals surface area contributed by atoms with Crippen molar-refractivity contribution in [2.24, 2.45) is 0 Å². The topological polar surface area (TPSA) is 77.4 Å². The van der Waals surface area contributed by atoms with Crippen molar-refractivity contribution in [2.75, 3.05) is 26.4 Å². The minimum atomic E-state index is -0.874. The standard InChI is InChI=1S/C24H32O6/c1-23(2,17-5-9-20(10-6-17)27-14-19(26)13-25)18-7-11-21(12-8-18)28-15-22-16-29-24(3,4)30-22/h5-12,19,22,25-26H,13-16H2,1-4H3/t19?,22-/m0/s1. The molecular formula is C24H32O6. The lowest BCUT2D eigenvalue weighted by molar-refractivity contribution is -0.141. The zero-order valence-electron chi connectivity index (χ0n) is 18.1. The summed E-state index contributed by atoms with van der Waals surface area (Å²) in [6.45, 7) is 8.89. The highest BCUT2D eigenvalue weighted by atomic mass is 16.7. The van der Waals surface area contributed by atoms with E-state index in [2.05, 4.69) is 26.0 Å². The van der Waals surface area contributed by atoms with E-state index in [1.54, 1.807) is 0 Å². The van der Waals surface area contributed by atoms with E-state index in [-0.39, 0.29) is 24.7 Å². The van der Waals surface area contributed by atoms with Gasteiger partial charge in [-0.15, -0.1) is 0 Å². The minimum absolute atomic E-state index is 0.0599. The third-order valence-electron chi connectivity index (χ3n) is 5.31. The smallest absolute Gasteiger partial charge is 0.163 e. The van der Waals surface area contributed by atoms with Crippen molar-refractivity contribution >= 4 is 0 Å². The van der Waals surface area contributed by atoms with E-state index in [1.807, 2.05) is 50.2 Å². The van der Waals surface area contributed by atoms with Crippen molar-refractivity contribution in [3.63, 3.8) is 0 Å². The number of aliphatic hydroxyl groups excluding tert-OH is 2. The van der Waals surface area contributed by atoms with Crippen molar-refractivity contribution in [3.8, 4) is 11.5 Å². The molecule has 3 rings (SSSR count). The molecule has 1 fully saturated rings. The quantitative estimate of drug-likeness (QED) is 0.653. The molecule has 6 heteroatoms. The van der Waals surface area contributed by atoms with Crippen LogP contribution in [-0.4, -0.2) is 54.6 Å². The fourth-order valence-electron chi connectivity index (χ4n) is 3.38. The van der Waals surface area contributed by atoms with Crippen molar-refractivity contribution < 1.29 is 29.2 Å². The normalized spacial score (nSPS) is 19.5. The molecule has 0 bridgehead atoms. The van der Waals surface area contributed by atoms with Gasteiger partial charge in [0.2, 0.25) is 0 Å². The summed E-state index contributed by atoms with van der Waals surface area (Å²) in [6, 6.07) is 15.9. The number of rotatable bonds is 9. The largest absolute Gasteiger partial charge is 0.491 e. The molecule has 1 aliphatic rings. The number of hydrogen-bond donors (Lipinski definition) is 2. The number of hydrogen-bond acceptors (Lipinski definition) is 6. The number of aliphatic hydroxyl groups is 2. The second kappa shape index (κ2) is 9.35. The molecule has 30 heavy (non-hydrogen) atoms. The highest BCUT2D eigenvalue weighted by Gasteiger charge is 2.33. The van der Waals surface area contributed by atoms with Crippen LogP contribution in [0.1, 0.15) is 38.8 Å². The first kappa shape index (κ1) is 22.6. The summed E-state index contributed by atoms with van der Waals surface area (Å²) in [4.78, 5) is 0. The first-order chi connectivity index (χ1) is 14.2. The molecule has 2 aromatic carbocycles. The van der Waals surface area contributed by atoms with E-state index >= 15 is 0 Å². The Morgan fingerprint density at radius 2 is 1.53 bits per heavy atom. The molecule has 0 aliphatic carbocycles. The van der Waals surface area contributed by atoms with Gasteiger partial charge in [0.25, 0.3) is 0 Å². The Balaban J connectivity index is 1.59. The molecule has 0 spiro atoms. The van der Waals surface area contributed by atoms with E-state index in [9.17, 15) is 5.11 Å². The van der Waals surface area contributed by atoms with Gasteiger partial charge in [-0.2, -0.15) is 0 Å². The maximum Gasteiger partial charge on any atom is 0.163 e. The van der Waals surface area contributed by atoms with Crippen LogP contribution in [0, 0.1) is 0 Å². The third-order valence-corrected chi connectivity index (χ3v) is 5.31. The summed E-state index contributed by atoms with van der Waals surface area (Å²) < 4.78 is 22.7. The Morgan fingerprint density at radius 1 is 1.00 bits per heavy atom. The van der Waals surface area contributed by atoms with Crippen molar-refractivity contribution in [1.29, 1.82) is 0 Å². The summed E-state index contributed by atoms with van der Waals surface area (Å²) in [5.74, 6) is 0.919. The van der Waals surface area contributed by atoms with Crippen LogP contribution in [0.5, 0.6) is 11.5 Å². The molecule has 2 N–H and O–H groups in total. The van der Waals surface area contributed by atoms with Gasteiger partial charge < -0.3 is 29.2 Å². The van der Waals surface area contributed by atoms with Gasteiger partial charge in [-0.3, -0.25) is 0 Å².